The summed E-state index contributed by atoms with van der Waals surface area (Å²) >= 11 is 5.48. The predicted octanol–water partition coefficient (Wildman–Crippen LogP) is 2.13. The summed E-state index contributed by atoms with van der Waals surface area (Å²) in [6.07, 6.45) is 0. The largest absolute Gasteiger partial charge is 0.275 e. The molecule has 0 aliphatic carbocycles. The van der Waals surface area contributed by atoms with Gasteiger partial charge in [-0.1, -0.05) is 0 Å². The second-order valence-corrected chi connectivity index (χ2v) is 5.72. The molecule has 0 N–H and O–H groups in total. The number of nitrogens with zero attached hydrogens (tertiary/aromatic N) is 2. The van der Waals surface area contributed by atoms with Gasteiger partial charge in [0.25, 0.3) is 14.7 Å². The van der Waals surface area contributed by atoms with Crippen molar-refractivity contribution in [2.45, 2.75) is 10.8 Å². The lowest BCUT2D eigenvalue weighted by Gasteiger charge is -2.03. The minimum atomic E-state index is -4.22. The van der Waals surface area contributed by atoms with Crippen molar-refractivity contribution in [3.05, 3.63) is 33.4 Å². The van der Waals surface area contributed by atoms with Crippen molar-refractivity contribution in [2.75, 3.05) is 0 Å². The summed E-state index contributed by atoms with van der Waals surface area (Å²) in [5, 5.41) is 19.4. The van der Waals surface area contributed by atoms with Crippen molar-refractivity contribution >= 4 is 37.0 Å². The summed E-state index contributed by atoms with van der Waals surface area (Å²) in [5.74, 6) is -0.215. The highest BCUT2D eigenvalue weighted by Crippen LogP contribution is 2.29. The standard InChI is InChI=1S/C8H4Cl2N2O4S/c9-3-5-1-6(4-11)8(17(10,15)16)2-7(5)12(13)14/h1-2H,3H2. The molecule has 6 nitrogen and oxygen atoms in total. The van der Waals surface area contributed by atoms with Crippen LogP contribution >= 0.6 is 22.3 Å². The third-order valence-corrected chi connectivity index (χ3v) is 3.55. The van der Waals surface area contributed by atoms with Crippen LogP contribution in [0.4, 0.5) is 5.69 Å². The SMILES string of the molecule is N#Cc1cc(CCl)c([N+](=O)[O-])cc1S(=O)(=O)Cl. The van der Waals surface area contributed by atoms with Crippen molar-refractivity contribution in [3.63, 3.8) is 0 Å². The number of hydrogen-bond acceptors (Lipinski definition) is 5. The lowest BCUT2D eigenvalue weighted by atomic mass is 10.1. The molecular weight excluding hydrogens is 291 g/mol. The summed E-state index contributed by atoms with van der Waals surface area (Å²) in [6.45, 7) is 0. The van der Waals surface area contributed by atoms with E-state index < -0.39 is 24.6 Å². The lowest BCUT2D eigenvalue weighted by Crippen LogP contribution is -2.01. The van der Waals surface area contributed by atoms with Crippen LogP contribution in [0.5, 0.6) is 0 Å². The minimum absolute atomic E-state index is 0.0530. The van der Waals surface area contributed by atoms with Crippen molar-refractivity contribution < 1.29 is 13.3 Å². The first-order valence-electron chi connectivity index (χ1n) is 4.03. The molecule has 0 heterocycles. The van der Waals surface area contributed by atoms with Gasteiger partial charge in [0.05, 0.1) is 16.4 Å². The van der Waals surface area contributed by atoms with E-state index in [9.17, 15) is 18.5 Å². The monoisotopic (exact) mass is 294 g/mol. The van der Waals surface area contributed by atoms with E-state index in [0.717, 1.165) is 12.1 Å². The van der Waals surface area contributed by atoms with Gasteiger partial charge in [-0.3, -0.25) is 10.1 Å². The van der Waals surface area contributed by atoms with Crippen LogP contribution in [0.2, 0.25) is 0 Å². The van der Waals surface area contributed by atoms with Gasteiger partial charge in [-0.2, -0.15) is 5.26 Å². The van der Waals surface area contributed by atoms with Gasteiger partial charge in [0.1, 0.15) is 11.0 Å². The Morgan fingerprint density at radius 3 is 2.41 bits per heavy atom. The topological polar surface area (TPSA) is 101 Å². The van der Waals surface area contributed by atoms with E-state index in [-0.39, 0.29) is 17.0 Å². The second-order valence-electron chi connectivity index (χ2n) is 2.92. The maximum atomic E-state index is 11.1. The summed E-state index contributed by atoms with van der Waals surface area (Å²) in [6, 6.07) is 3.37. The molecule has 0 radical (unpaired) electrons. The Labute approximate surface area is 106 Å². The van der Waals surface area contributed by atoms with Crippen molar-refractivity contribution in [3.8, 4) is 6.07 Å². The Balaban J connectivity index is 3.70. The molecule has 1 aromatic carbocycles. The zero-order chi connectivity index (χ0) is 13.2. The molecule has 0 saturated carbocycles. The Bertz CT molecular complexity index is 621. The molecule has 0 aromatic heterocycles. The van der Waals surface area contributed by atoms with Crippen LogP contribution < -0.4 is 0 Å². The van der Waals surface area contributed by atoms with Gasteiger partial charge < -0.3 is 0 Å². The van der Waals surface area contributed by atoms with Gasteiger partial charge in [0.15, 0.2) is 0 Å². The Morgan fingerprint density at radius 1 is 1.47 bits per heavy atom. The normalized spacial score (nSPS) is 10.9. The average Bonchev–Trinajstić information content (AvgIpc) is 2.25. The van der Waals surface area contributed by atoms with Gasteiger partial charge in [-0.25, -0.2) is 8.42 Å². The molecule has 0 amide bonds. The number of nitriles is 1. The molecule has 0 aliphatic rings. The highest BCUT2D eigenvalue weighted by Gasteiger charge is 2.23. The number of nitro groups is 1. The summed E-state index contributed by atoms with van der Waals surface area (Å²) in [4.78, 5) is 9.30. The van der Waals surface area contributed by atoms with Gasteiger partial charge in [-0.15, -0.1) is 11.6 Å². The molecule has 0 atom stereocenters. The van der Waals surface area contributed by atoms with Gasteiger partial charge in [-0.05, 0) is 6.07 Å². The van der Waals surface area contributed by atoms with Crippen molar-refractivity contribution in [1.29, 1.82) is 5.26 Å². The molecule has 17 heavy (non-hydrogen) atoms. The molecule has 0 spiro atoms. The van der Waals surface area contributed by atoms with E-state index >= 15 is 0 Å². The molecule has 1 aromatic rings. The van der Waals surface area contributed by atoms with Crippen LogP contribution in [0.1, 0.15) is 11.1 Å². The van der Waals surface area contributed by atoms with E-state index in [4.69, 9.17) is 27.5 Å². The number of rotatable bonds is 3. The first-order valence-corrected chi connectivity index (χ1v) is 6.87. The Kier molecular flexibility index (Phi) is 3.93. The van der Waals surface area contributed by atoms with Crippen molar-refractivity contribution in [1.82, 2.24) is 0 Å². The average molecular weight is 295 g/mol. The predicted molar refractivity (Wildman–Crippen MR) is 60.4 cm³/mol. The molecule has 90 valence electrons. The van der Waals surface area contributed by atoms with E-state index in [1.165, 1.54) is 0 Å². The summed E-state index contributed by atoms with van der Waals surface area (Å²) in [7, 11) is 0.856. The summed E-state index contributed by atoms with van der Waals surface area (Å²) in [5.41, 5.74) is -0.711. The fourth-order valence-electron chi connectivity index (χ4n) is 1.18. The first kappa shape index (κ1) is 13.7. The smallest absolute Gasteiger partial charge is 0.258 e. The van der Waals surface area contributed by atoms with Gasteiger partial charge >= 0.3 is 0 Å². The van der Waals surface area contributed by atoms with Crippen LogP contribution in [0.3, 0.4) is 0 Å². The molecule has 0 fully saturated rings. The first-order chi connectivity index (χ1) is 7.81. The van der Waals surface area contributed by atoms with E-state index in [1.54, 1.807) is 6.07 Å². The van der Waals surface area contributed by atoms with E-state index in [1.807, 2.05) is 0 Å². The highest BCUT2D eigenvalue weighted by atomic mass is 35.7. The molecule has 0 aliphatic heterocycles. The molecule has 0 bridgehead atoms. The maximum absolute atomic E-state index is 11.1. The lowest BCUT2D eigenvalue weighted by molar-refractivity contribution is -0.385. The fourth-order valence-corrected chi connectivity index (χ4v) is 2.40. The van der Waals surface area contributed by atoms with E-state index in [0.29, 0.717) is 0 Å². The maximum Gasteiger partial charge on any atom is 0.275 e. The summed E-state index contributed by atoms with van der Waals surface area (Å²) < 4.78 is 22.3. The van der Waals surface area contributed by atoms with Crippen LogP contribution in [-0.2, 0) is 14.9 Å². The number of halogens is 2. The Morgan fingerprint density at radius 2 is 2.06 bits per heavy atom. The zero-order valence-electron chi connectivity index (χ0n) is 8.05. The van der Waals surface area contributed by atoms with Crippen LogP contribution in [0.15, 0.2) is 17.0 Å². The Hall–Kier alpha value is -1.36. The third-order valence-electron chi connectivity index (χ3n) is 1.90. The highest BCUT2D eigenvalue weighted by molar-refractivity contribution is 8.13. The molecule has 9 heteroatoms. The van der Waals surface area contributed by atoms with E-state index in [2.05, 4.69) is 0 Å². The molecule has 1 rings (SSSR count). The number of hydrogen-bond donors (Lipinski definition) is 0. The van der Waals surface area contributed by atoms with Crippen LogP contribution in [0, 0.1) is 21.4 Å². The second kappa shape index (κ2) is 4.87. The molecule has 0 saturated heterocycles. The van der Waals surface area contributed by atoms with Gasteiger partial charge in [0, 0.05) is 22.3 Å². The zero-order valence-corrected chi connectivity index (χ0v) is 10.4. The van der Waals surface area contributed by atoms with Gasteiger partial charge in [0.2, 0.25) is 0 Å². The van der Waals surface area contributed by atoms with Crippen molar-refractivity contribution in [2.24, 2.45) is 0 Å². The fraction of sp³-hybridized carbons (Fsp3) is 0.125. The third kappa shape index (κ3) is 2.85. The number of nitro benzene ring substituents is 1. The quantitative estimate of drug-likeness (QED) is 0.368. The number of alkyl halides is 1. The molecule has 0 unspecified atom stereocenters. The van der Waals surface area contributed by atoms with Crippen LogP contribution in [0.25, 0.3) is 0 Å². The molecular formula is C8H4Cl2N2O4S. The number of benzene rings is 1. The minimum Gasteiger partial charge on any atom is -0.258 e. The van der Waals surface area contributed by atoms with Crippen LogP contribution in [-0.4, -0.2) is 13.3 Å².